The first-order chi connectivity index (χ1) is 23.8. The van der Waals surface area contributed by atoms with E-state index >= 15 is 0 Å². The minimum absolute atomic E-state index is 0.0230. The SMILES string of the molecule is CCCCC1OC(CCc2ccc(O)c(OCC(NCC)[C+]3C=C4C(=N3)CCC3CCCC3C4C(CCCO)NCC(C)O)c2)=C[C-]1CO. The zero-order chi connectivity index (χ0) is 34.8. The van der Waals surface area contributed by atoms with Crippen LogP contribution >= 0.6 is 0 Å². The molecule has 5 rings (SSSR count). The van der Waals surface area contributed by atoms with Gasteiger partial charge >= 0.3 is 0 Å². The summed E-state index contributed by atoms with van der Waals surface area (Å²) in [7, 11) is 0. The Hall–Kier alpha value is -2.69. The predicted octanol–water partition coefficient (Wildman–Crippen LogP) is 5.57. The van der Waals surface area contributed by atoms with Crippen molar-refractivity contribution >= 4 is 5.71 Å². The van der Waals surface area contributed by atoms with Gasteiger partial charge in [-0.05, 0) is 81.5 Å². The average molecular weight is 680 g/mol. The van der Waals surface area contributed by atoms with E-state index in [1.807, 2.05) is 25.1 Å². The van der Waals surface area contributed by atoms with Crippen LogP contribution in [0.4, 0.5) is 0 Å². The largest absolute Gasteiger partial charge is 0.592 e. The van der Waals surface area contributed by atoms with Crippen molar-refractivity contribution in [2.24, 2.45) is 22.7 Å². The molecule has 2 fully saturated rings. The summed E-state index contributed by atoms with van der Waals surface area (Å²) in [6.45, 7) is 7.86. The van der Waals surface area contributed by atoms with Gasteiger partial charge in [-0.3, -0.25) is 5.32 Å². The van der Waals surface area contributed by atoms with Gasteiger partial charge in [0, 0.05) is 38.3 Å². The van der Waals surface area contributed by atoms with Crippen molar-refractivity contribution in [3.05, 3.63) is 59.2 Å². The second kappa shape index (κ2) is 18.5. The number of aryl methyl sites for hydroxylation is 1. The number of hydrogen-bond acceptors (Lipinski definition) is 9. The van der Waals surface area contributed by atoms with Crippen LogP contribution in [0.1, 0.15) is 97.0 Å². The third kappa shape index (κ3) is 9.76. The molecule has 1 aromatic carbocycles. The number of nitrogens with one attached hydrogen (secondary N) is 2. The summed E-state index contributed by atoms with van der Waals surface area (Å²) in [5.41, 5.74) is 3.54. The van der Waals surface area contributed by atoms with Crippen LogP contribution in [0.3, 0.4) is 0 Å². The van der Waals surface area contributed by atoms with Gasteiger partial charge in [0.25, 0.3) is 0 Å². The molecule has 0 saturated heterocycles. The number of benzene rings is 1. The van der Waals surface area contributed by atoms with E-state index in [9.17, 15) is 20.4 Å². The maximum atomic E-state index is 10.7. The molecule has 0 bridgehead atoms. The minimum Gasteiger partial charge on any atom is -0.592 e. The summed E-state index contributed by atoms with van der Waals surface area (Å²) >= 11 is 0. The van der Waals surface area contributed by atoms with E-state index in [1.54, 1.807) is 6.07 Å². The van der Waals surface area contributed by atoms with Gasteiger partial charge in [0.1, 0.15) is 18.2 Å². The molecule has 49 heavy (non-hydrogen) atoms. The topological polar surface area (TPSA) is 136 Å². The molecule has 4 aliphatic rings. The first-order valence-corrected chi connectivity index (χ1v) is 19.1. The Labute approximate surface area is 294 Å². The number of hydrogen-bond donors (Lipinski definition) is 6. The van der Waals surface area contributed by atoms with Crippen molar-refractivity contribution in [2.75, 3.05) is 32.9 Å². The molecule has 272 valence electrons. The standard InChI is InChI=1S/C40H61N3O6/c1-4-6-12-38-29(24-45)21-30(49-38)16-13-27-14-18-37(47)39(20-27)48-25-36(41-5-2)35-22-32-33(43-35)17-15-28-9-7-10-31(28)40(32)34(11-8-19-44)42-23-26(3)46/h14,18,20-22,26,28,31,34,36,38,40-42,44-47H,4-13,15-17,19,23-25H2,1-3H3. The molecule has 2 aliphatic heterocycles. The van der Waals surface area contributed by atoms with Gasteiger partial charge in [0.15, 0.2) is 23.3 Å². The lowest BCUT2D eigenvalue weighted by molar-refractivity contribution is 0.123. The van der Waals surface area contributed by atoms with Crippen LogP contribution < -0.4 is 15.4 Å². The van der Waals surface area contributed by atoms with E-state index in [2.05, 4.69) is 30.6 Å². The quantitative estimate of drug-likeness (QED) is 0.0985. The monoisotopic (exact) mass is 679 g/mol. The molecule has 0 radical (unpaired) electrons. The molecule has 0 aromatic heterocycles. The molecule has 9 nitrogen and oxygen atoms in total. The predicted molar refractivity (Wildman–Crippen MR) is 194 cm³/mol. The van der Waals surface area contributed by atoms with E-state index in [1.165, 1.54) is 30.5 Å². The highest BCUT2D eigenvalue weighted by molar-refractivity contribution is 6.04. The normalized spacial score (nSPS) is 25.1. The van der Waals surface area contributed by atoms with Crippen LogP contribution in [0.25, 0.3) is 0 Å². The number of aliphatic hydroxyl groups is 3. The van der Waals surface area contributed by atoms with Gasteiger partial charge < -0.3 is 35.2 Å². The van der Waals surface area contributed by atoms with Gasteiger partial charge in [-0.15, -0.1) is 4.99 Å². The van der Waals surface area contributed by atoms with Crippen LogP contribution in [-0.2, 0) is 11.2 Å². The summed E-state index contributed by atoms with van der Waals surface area (Å²) in [6, 6.07) is 6.53. The molecule has 7 unspecified atom stereocenters. The number of fused-ring (bicyclic) bond motifs is 2. The fourth-order valence-corrected chi connectivity index (χ4v) is 8.44. The Balaban J connectivity index is 1.28. The zero-order valence-corrected chi connectivity index (χ0v) is 30.0. The van der Waals surface area contributed by atoms with Gasteiger partial charge in [0.05, 0.1) is 18.1 Å². The summed E-state index contributed by atoms with van der Waals surface area (Å²) in [4.78, 5) is 5.26. The Morgan fingerprint density at radius 2 is 1.98 bits per heavy atom. The molecule has 1 aromatic rings. The van der Waals surface area contributed by atoms with Crippen LogP contribution in [0.2, 0.25) is 0 Å². The first kappa shape index (κ1) is 37.6. The number of aliphatic hydroxyl groups excluding tert-OH is 3. The van der Waals surface area contributed by atoms with Crippen LogP contribution in [0.5, 0.6) is 11.5 Å². The first-order valence-electron chi connectivity index (χ1n) is 19.1. The molecule has 0 spiro atoms. The van der Waals surface area contributed by atoms with Crippen molar-refractivity contribution in [2.45, 2.75) is 122 Å². The number of aromatic hydroxyl groups is 1. The molecule has 2 saturated carbocycles. The lowest BCUT2D eigenvalue weighted by Gasteiger charge is -2.32. The Kier molecular flexibility index (Phi) is 14.2. The van der Waals surface area contributed by atoms with Crippen molar-refractivity contribution < 1.29 is 29.9 Å². The van der Waals surface area contributed by atoms with E-state index in [0.717, 1.165) is 81.2 Å². The molecule has 9 heteroatoms. The average Bonchev–Trinajstić information content (AvgIpc) is 3.83. The second-order valence-corrected chi connectivity index (χ2v) is 14.5. The Morgan fingerprint density at radius 3 is 2.73 bits per heavy atom. The van der Waals surface area contributed by atoms with E-state index in [4.69, 9.17) is 14.5 Å². The second-order valence-electron chi connectivity index (χ2n) is 14.5. The highest BCUT2D eigenvalue weighted by Gasteiger charge is 2.50. The van der Waals surface area contributed by atoms with Crippen LogP contribution in [0, 0.1) is 29.7 Å². The Morgan fingerprint density at radius 1 is 1.12 bits per heavy atom. The highest BCUT2D eigenvalue weighted by Crippen LogP contribution is 2.49. The van der Waals surface area contributed by atoms with Gasteiger partial charge in [0.2, 0.25) is 0 Å². The summed E-state index contributed by atoms with van der Waals surface area (Å²) in [5.74, 6) is 3.96. The summed E-state index contributed by atoms with van der Waals surface area (Å²) in [6.07, 6.45) is 15.8. The lowest BCUT2D eigenvalue weighted by atomic mass is 9.74. The van der Waals surface area contributed by atoms with E-state index in [0.29, 0.717) is 37.2 Å². The van der Waals surface area contributed by atoms with E-state index in [-0.39, 0.29) is 43.1 Å². The number of unbranched alkanes of at least 4 members (excludes halogenated alkanes) is 1. The van der Waals surface area contributed by atoms with Crippen molar-refractivity contribution in [1.82, 2.24) is 10.6 Å². The molecule has 2 aliphatic carbocycles. The van der Waals surface area contributed by atoms with Gasteiger partial charge in [-0.2, -0.15) is 12.0 Å². The fraction of sp³-hybridized carbons (Fsp3) is 0.675. The zero-order valence-electron chi connectivity index (χ0n) is 30.0. The molecule has 0 amide bonds. The maximum absolute atomic E-state index is 10.7. The van der Waals surface area contributed by atoms with Crippen molar-refractivity contribution in [3.8, 4) is 11.5 Å². The molecule has 7 atom stereocenters. The number of rotatable bonds is 20. The minimum atomic E-state index is -0.437. The highest BCUT2D eigenvalue weighted by atomic mass is 16.5. The molecule has 6 N–H and O–H groups in total. The number of likely N-dealkylation sites (N-methyl/N-ethyl adjacent to an activating group) is 1. The number of allylic oxidation sites excluding steroid dienone is 1. The number of phenolic OH excluding ortho intramolecular Hbond substituents is 1. The van der Waals surface area contributed by atoms with Crippen LogP contribution in [-0.4, -0.2) is 83.3 Å². The van der Waals surface area contributed by atoms with Gasteiger partial charge in [-0.1, -0.05) is 57.8 Å². The lowest BCUT2D eigenvalue weighted by Crippen LogP contribution is -2.44. The third-order valence-corrected chi connectivity index (χ3v) is 10.9. The van der Waals surface area contributed by atoms with Crippen molar-refractivity contribution in [3.63, 3.8) is 0 Å². The molecular weight excluding hydrogens is 618 g/mol. The van der Waals surface area contributed by atoms with E-state index < -0.39 is 6.10 Å². The number of aliphatic imine (C=N–C) groups is 1. The number of nitrogens with zero attached hydrogens (tertiary/aromatic N) is 1. The Bertz CT molecular complexity index is 1280. The van der Waals surface area contributed by atoms with Crippen molar-refractivity contribution in [1.29, 1.82) is 0 Å². The summed E-state index contributed by atoms with van der Waals surface area (Å²) in [5, 5.41) is 47.7. The summed E-state index contributed by atoms with van der Waals surface area (Å²) < 4.78 is 12.5. The third-order valence-electron chi connectivity index (χ3n) is 10.9. The molecular formula is C40H61N3O6. The van der Waals surface area contributed by atoms with Gasteiger partial charge in [-0.25, -0.2) is 0 Å². The van der Waals surface area contributed by atoms with Crippen LogP contribution in [0.15, 0.2) is 46.7 Å². The smallest absolute Gasteiger partial charge is 0.189 e. The number of phenols is 1. The maximum Gasteiger partial charge on any atom is 0.189 e. The molecule has 2 heterocycles. The fourth-order valence-electron chi connectivity index (χ4n) is 8.44. The number of ether oxygens (including phenoxy) is 2.